The van der Waals surface area contributed by atoms with Crippen LogP contribution in [0.2, 0.25) is 0 Å². The predicted octanol–water partition coefficient (Wildman–Crippen LogP) is 2.29. The zero-order chi connectivity index (χ0) is 15.2. The summed E-state index contributed by atoms with van der Waals surface area (Å²) in [4.78, 5) is 4.52. The number of ether oxygens (including phenoxy) is 1. The first kappa shape index (κ1) is 16.3. The van der Waals surface area contributed by atoms with Crippen molar-refractivity contribution in [1.82, 2.24) is 4.90 Å². The minimum Gasteiger partial charge on any atom is -0.389 e. The van der Waals surface area contributed by atoms with Gasteiger partial charge in [0.15, 0.2) is 0 Å². The summed E-state index contributed by atoms with van der Waals surface area (Å²) in [5, 5.41) is 10.1. The van der Waals surface area contributed by atoms with Crippen molar-refractivity contribution in [2.45, 2.75) is 31.9 Å². The molecule has 0 aromatic heterocycles. The van der Waals surface area contributed by atoms with E-state index in [0.29, 0.717) is 25.8 Å². The Bertz CT molecular complexity index is 437. The van der Waals surface area contributed by atoms with Gasteiger partial charge in [-0.1, -0.05) is 12.1 Å². The molecule has 2 atom stereocenters. The van der Waals surface area contributed by atoms with Crippen LogP contribution in [0.15, 0.2) is 24.3 Å². The van der Waals surface area contributed by atoms with Crippen LogP contribution in [0.5, 0.6) is 0 Å². The van der Waals surface area contributed by atoms with Gasteiger partial charge in [-0.05, 0) is 44.0 Å². The summed E-state index contributed by atoms with van der Waals surface area (Å²) in [6.07, 6.45) is 1.96. The average Bonchev–Trinajstić information content (AvgIpc) is 2.93. The molecule has 0 radical (unpaired) electrons. The number of likely N-dealkylation sites (tertiary alicyclic amines) is 1. The van der Waals surface area contributed by atoms with E-state index < -0.39 is 6.10 Å². The van der Waals surface area contributed by atoms with E-state index in [1.54, 1.807) is 0 Å². The standard InChI is InChI=1S/C17H28N2O2/c1-4-21-13-16(20)12-19-10-6-9-17(19)14-7-5-8-15(11-14)18(2)3/h5,7-8,11,16-17,20H,4,6,9-10,12-13H2,1-3H3/t16-,17+/m1/s1. The summed E-state index contributed by atoms with van der Waals surface area (Å²) in [5.74, 6) is 0. The van der Waals surface area contributed by atoms with E-state index >= 15 is 0 Å². The first-order chi connectivity index (χ1) is 10.1. The van der Waals surface area contributed by atoms with E-state index in [-0.39, 0.29) is 0 Å². The van der Waals surface area contributed by atoms with Gasteiger partial charge in [0.1, 0.15) is 0 Å². The van der Waals surface area contributed by atoms with Crippen LogP contribution < -0.4 is 4.90 Å². The zero-order valence-electron chi connectivity index (χ0n) is 13.5. The molecule has 21 heavy (non-hydrogen) atoms. The van der Waals surface area contributed by atoms with Gasteiger partial charge in [-0.15, -0.1) is 0 Å². The van der Waals surface area contributed by atoms with Gasteiger partial charge < -0.3 is 14.7 Å². The van der Waals surface area contributed by atoms with Crippen molar-refractivity contribution in [2.75, 3.05) is 45.3 Å². The minimum absolute atomic E-state index is 0.400. The molecule has 0 bridgehead atoms. The monoisotopic (exact) mass is 292 g/mol. The molecule has 1 saturated heterocycles. The molecular weight excluding hydrogens is 264 g/mol. The number of aliphatic hydroxyl groups is 1. The number of benzene rings is 1. The van der Waals surface area contributed by atoms with Crippen molar-refractivity contribution in [3.05, 3.63) is 29.8 Å². The van der Waals surface area contributed by atoms with Crippen molar-refractivity contribution < 1.29 is 9.84 Å². The van der Waals surface area contributed by atoms with E-state index in [9.17, 15) is 5.11 Å². The molecule has 1 heterocycles. The molecule has 4 nitrogen and oxygen atoms in total. The van der Waals surface area contributed by atoms with E-state index in [2.05, 4.69) is 48.2 Å². The number of nitrogens with zero attached hydrogens (tertiary/aromatic N) is 2. The molecule has 2 rings (SSSR count). The molecule has 1 fully saturated rings. The van der Waals surface area contributed by atoms with E-state index in [4.69, 9.17) is 4.74 Å². The van der Waals surface area contributed by atoms with Crippen LogP contribution in [0, 0.1) is 0 Å². The van der Waals surface area contributed by atoms with Crippen LogP contribution in [0.1, 0.15) is 31.4 Å². The average molecular weight is 292 g/mol. The summed E-state index contributed by atoms with van der Waals surface area (Å²) in [7, 11) is 4.13. The molecule has 0 aliphatic carbocycles. The quantitative estimate of drug-likeness (QED) is 0.836. The van der Waals surface area contributed by atoms with Crippen molar-refractivity contribution in [1.29, 1.82) is 0 Å². The fraction of sp³-hybridized carbons (Fsp3) is 0.647. The lowest BCUT2D eigenvalue weighted by molar-refractivity contribution is 0.0186. The van der Waals surface area contributed by atoms with Gasteiger partial charge in [-0.3, -0.25) is 4.90 Å². The van der Waals surface area contributed by atoms with Gasteiger partial charge >= 0.3 is 0 Å². The van der Waals surface area contributed by atoms with Gasteiger partial charge in [0.25, 0.3) is 0 Å². The second kappa shape index (κ2) is 7.78. The Morgan fingerprint density at radius 2 is 2.24 bits per heavy atom. The number of hydrogen-bond donors (Lipinski definition) is 1. The summed E-state index contributed by atoms with van der Waals surface area (Å²) in [5.41, 5.74) is 2.58. The lowest BCUT2D eigenvalue weighted by Gasteiger charge is -2.27. The van der Waals surface area contributed by atoms with Crippen molar-refractivity contribution in [2.24, 2.45) is 0 Å². The van der Waals surface area contributed by atoms with Gasteiger partial charge in [0.2, 0.25) is 0 Å². The molecule has 1 aromatic carbocycles. The third-order valence-corrected chi connectivity index (χ3v) is 4.09. The molecule has 0 saturated carbocycles. The first-order valence-corrected chi connectivity index (χ1v) is 7.89. The predicted molar refractivity (Wildman–Crippen MR) is 86.8 cm³/mol. The molecule has 4 heteroatoms. The SMILES string of the molecule is CCOC[C@H](O)CN1CCC[C@H]1c1cccc(N(C)C)c1. The molecule has 0 spiro atoms. The highest BCUT2D eigenvalue weighted by atomic mass is 16.5. The van der Waals surface area contributed by atoms with Crippen LogP contribution in [0.3, 0.4) is 0 Å². The number of aliphatic hydroxyl groups excluding tert-OH is 1. The largest absolute Gasteiger partial charge is 0.389 e. The van der Waals surface area contributed by atoms with Crippen molar-refractivity contribution in [3.8, 4) is 0 Å². The van der Waals surface area contributed by atoms with Crippen LogP contribution in [-0.4, -0.2) is 56.5 Å². The summed E-state index contributed by atoms with van der Waals surface area (Å²) < 4.78 is 5.31. The number of anilines is 1. The molecule has 1 aliphatic rings. The Labute approximate surface area is 128 Å². The van der Waals surface area contributed by atoms with Gasteiger partial charge in [0, 0.05) is 39.0 Å². The maximum atomic E-state index is 10.1. The lowest BCUT2D eigenvalue weighted by atomic mass is 10.0. The summed E-state index contributed by atoms with van der Waals surface area (Å²) in [6, 6.07) is 9.13. The van der Waals surface area contributed by atoms with Crippen molar-refractivity contribution in [3.63, 3.8) is 0 Å². The fourth-order valence-electron chi connectivity index (χ4n) is 3.01. The molecule has 118 valence electrons. The van der Waals surface area contributed by atoms with Gasteiger partial charge in [-0.2, -0.15) is 0 Å². The Morgan fingerprint density at radius 3 is 2.95 bits per heavy atom. The highest BCUT2D eigenvalue weighted by Crippen LogP contribution is 2.33. The highest BCUT2D eigenvalue weighted by molar-refractivity contribution is 5.48. The molecule has 1 aromatic rings. The van der Waals surface area contributed by atoms with Crippen LogP contribution in [0.4, 0.5) is 5.69 Å². The first-order valence-electron chi connectivity index (χ1n) is 7.89. The third-order valence-electron chi connectivity index (χ3n) is 4.09. The van der Waals surface area contributed by atoms with E-state index in [1.165, 1.54) is 17.7 Å². The molecule has 0 unspecified atom stereocenters. The smallest absolute Gasteiger partial charge is 0.0900 e. The fourth-order valence-corrected chi connectivity index (χ4v) is 3.01. The zero-order valence-corrected chi connectivity index (χ0v) is 13.5. The Balaban J connectivity index is 2.02. The van der Waals surface area contributed by atoms with E-state index in [0.717, 1.165) is 13.0 Å². The third kappa shape index (κ3) is 4.43. The second-order valence-corrected chi connectivity index (χ2v) is 5.96. The molecule has 1 N–H and O–H groups in total. The van der Waals surface area contributed by atoms with Crippen molar-refractivity contribution >= 4 is 5.69 Å². The van der Waals surface area contributed by atoms with Crippen LogP contribution in [-0.2, 0) is 4.74 Å². The van der Waals surface area contributed by atoms with E-state index in [1.807, 2.05) is 6.92 Å². The van der Waals surface area contributed by atoms with Gasteiger partial charge in [0.05, 0.1) is 12.7 Å². The maximum Gasteiger partial charge on any atom is 0.0900 e. The number of rotatable bonds is 7. The highest BCUT2D eigenvalue weighted by Gasteiger charge is 2.27. The second-order valence-electron chi connectivity index (χ2n) is 5.96. The topological polar surface area (TPSA) is 35.9 Å². The maximum absolute atomic E-state index is 10.1. The number of hydrogen-bond acceptors (Lipinski definition) is 4. The van der Waals surface area contributed by atoms with Crippen LogP contribution in [0.25, 0.3) is 0 Å². The lowest BCUT2D eigenvalue weighted by Crippen LogP contribution is -2.34. The summed E-state index contributed by atoms with van der Waals surface area (Å²) in [6.45, 7) is 4.79. The van der Waals surface area contributed by atoms with Gasteiger partial charge in [-0.25, -0.2) is 0 Å². The number of β-amino-alcohol motifs (C(OH)–C–C–N with tert-alkyl or cyclic N) is 1. The summed E-state index contributed by atoms with van der Waals surface area (Å²) >= 11 is 0. The van der Waals surface area contributed by atoms with Crippen LogP contribution >= 0.6 is 0 Å². The normalized spacial score (nSPS) is 20.7. The molecule has 1 aliphatic heterocycles. The Kier molecular flexibility index (Phi) is 6.03. The molecule has 0 amide bonds. The Morgan fingerprint density at radius 1 is 1.43 bits per heavy atom. The Hall–Kier alpha value is -1.10. The molecular formula is C17H28N2O2. The minimum atomic E-state index is -0.400.